The molecule has 5 rings (SSSR count). The molecule has 41 heavy (non-hydrogen) atoms. The molecule has 2 aliphatic rings. The van der Waals surface area contributed by atoms with E-state index in [1.165, 1.54) is 16.9 Å². The number of nitrogens with one attached hydrogen (secondary N) is 2. The quantitative estimate of drug-likeness (QED) is 0.331. The highest BCUT2D eigenvalue weighted by Gasteiger charge is 2.30. The molecule has 3 N–H and O–H groups in total. The van der Waals surface area contributed by atoms with Crippen molar-refractivity contribution in [3.63, 3.8) is 0 Å². The van der Waals surface area contributed by atoms with Crippen LogP contribution >= 0.6 is 11.3 Å². The van der Waals surface area contributed by atoms with Crippen molar-refractivity contribution in [3.05, 3.63) is 58.1 Å². The van der Waals surface area contributed by atoms with E-state index in [0.717, 1.165) is 79.5 Å². The number of fused-ring (bicyclic) bond motifs is 2. The summed E-state index contributed by atoms with van der Waals surface area (Å²) in [6.07, 6.45) is 6.17. The molecule has 3 heterocycles. The summed E-state index contributed by atoms with van der Waals surface area (Å²) in [5, 5.41) is 14.1. The van der Waals surface area contributed by atoms with Crippen molar-refractivity contribution < 1.29 is 18.3 Å². The van der Waals surface area contributed by atoms with E-state index in [-0.39, 0.29) is 23.5 Å². The Labute approximate surface area is 247 Å². The molecule has 1 saturated heterocycles. The summed E-state index contributed by atoms with van der Waals surface area (Å²) in [4.78, 5) is 22.4. The van der Waals surface area contributed by atoms with Gasteiger partial charge in [0.2, 0.25) is 10.0 Å². The maximum Gasteiger partial charge on any atom is 0.261 e. The molecule has 3 aromatic rings. The molecular weight excluding hydrogens is 556 g/mol. The number of sulfonamides is 1. The number of likely N-dealkylation sites (tertiary alicyclic amines) is 1. The first-order valence-electron chi connectivity index (χ1n) is 14.6. The Balaban J connectivity index is 1.36. The van der Waals surface area contributed by atoms with E-state index in [2.05, 4.69) is 41.8 Å². The van der Waals surface area contributed by atoms with Gasteiger partial charge in [0.05, 0.1) is 23.3 Å². The number of nitrogens with zero attached hydrogens (tertiary/aromatic N) is 2. The van der Waals surface area contributed by atoms with Crippen molar-refractivity contribution in [1.29, 1.82) is 0 Å². The minimum absolute atomic E-state index is 0.154. The third-order valence-corrected chi connectivity index (χ3v) is 10.2. The van der Waals surface area contributed by atoms with Gasteiger partial charge >= 0.3 is 0 Å². The maximum absolute atomic E-state index is 13.6. The van der Waals surface area contributed by atoms with Crippen LogP contribution in [0.5, 0.6) is 0 Å². The molecule has 0 unspecified atom stereocenters. The first-order valence-corrected chi connectivity index (χ1v) is 17.3. The van der Waals surface area contributed by atoms with Crippen LogP contribution < -0.4 is 10.0 Å². The van der Waals surface area contributed by atoms with Gasteiger partial charge in [0.1, 0.15) is 4.83 Å². The molecule has 0 saturated carbocycles. The van der Waals surface area contributed by atoms with Crippen LogP contribution in [0.3, 0.4) is 0 Å². The van der Waals surface area contributed by atoms with Crippen LogP contribution in [0.25, 0.3) is 10.2 Å². The maximum atomic E-state index is 13.6. The van der Waals surface area contributed by atoms with Crippen molar-refractivity contribution >= 4 is 43.2 Å². The summed E-state index contributed by atoms with van der Waals surface area (Å²) in [7, 11) is -3.43. The first-order chi connectivity index (χ1) is 19.3. The normalized spacial score (nSPS) is 19.6. The molecule has 1 aliphatic heterocycles. The van der Waals surface area contributed by atoms with Crippen LogP contribution in [0.15, 0.2) is 36.4 Å². The van der Waals surface area contributed by atoms with Crippen molar-refractivity contribution in [1.82, 2.24) is 15.2 Å². The number of hydrogen-bond donors (Lipinski definition) is 3. The molecule has 10 heteroatoms. The van der Waals surface area contributed by atoms with E-state index in [1.807, 2.05) is 12.1 Å². The SMILES string of the molecule is CC(C)(C)[C@H]1CCc2nc3sc(C(=O)N[C@H](CCN4CCC(O)CC4)c4cccc(NS(C)(=O)=O)c4)cc3cc2C1. The molecule has 1 amide bonds. The van der Waals surface area contributed by atoms with Crippen molar-refractivity contribution in [2.24, 2.45) is 11.3 Å². The molecular formula is C31H42N4O4S2. The number of amides is 1. The number of aromatic nitrogens is 1. The van der Waals surface area contributed by atoms with Crippen LogP contribution in [0.2, 0.25) is 0 Å². The Bertz CT molecular complexity index is 1500. The second-order valence-electron chi connectivity index (χ2n) is 12.8. The number of aliphatic hydroxyl groups is 1. The lowest BCUT2D eigenvalue weighted by Crippen LogP contribution is -2.38. The number of rotatable bonds is 8. The van der Waals surface area contributed by atoms with Gasteiger partial charge in [-0.05, 0) is 85.3 Å². The number of benzene rings is 1. The molecule has 0 bridgehead atoms. The fourth-order valence-corrected chi connectivity index (χ4v) is 7.51. The fourth-order valence-electron chi connectivity index (χ4n) is 6.01. The van der Waals surface area contributed by atoms with Crippen molar-refractivity contribution in [3.8, 4) is 0 Å². The van der Waals surface area contributed by atoms with Gasteiger partial charge in [-0.2, -0.15) is 0 Å². The lowest BCUT2D eigenvalue weighted by Gasteiger charge is -2.34. The lowest BCUT2D eigenvalue weighted by molar-refractivity contribution is 0.0796. The number of piperidine rings is 1. The Morgan fingerprint density at radius 1 is 1.17 bits per heavy atom. The highest BCUT2D eigenvalue weighted by atomic mass is 32.2. The molecule has 222 valence electrons. The highest BCUT2D eigenvalue weighted by Crippen LogP contribution is 2.38. The second-order valence-corrected chi connectivity index (χ2v) is 15.6. The predicted molar refractivity (Wildman–Crippen MR) is 166 cm³/mol. The molecule has 1 aromatic carbocycles. The van der Waals surface area contributed by atoms with Crippen LogP contribution in [0, 0.1) is 11.3 Å². The van der Waals surface area contributed by atoms with Gasteiger partial charge in [0.25, 0.3) is 5.91 Å². The van der Waals surface area contributed by atoms with Gasteiger partial charge in [-0.15, -0.1) is 11.3 Å². The van der Waals surface area contributed by atoms with E-state index in [4.69, 9.17) is 4.98 Å². The van der Waals surface area contributed by atoms with Crippen molar-refractivity contribution in [2.75, 3.05) is 30.6 Å². The highest BCUT2D eigenvalue weighted by molar-refractivity contribution is 7.92. The number of aliphatic hydroxyl groups excluding tert-OH is 1. The monoisotopic (exact) mass is 598 g/mol. The molecule has 0 spiro atoms. The van der Waals surface area contributed by atoms with Crippen LogP contribution in [-0.4, -0.2) is 61.3 Å². The summed E-state index contributed by atoms with van der Waals surface area (Å²) in [6, 6.07) is 11.1. The third kappa shape index (κ3) is 7.66. The topological polar surface area (TPSA) is 112 Å². The number of thiophene rings is 1. The minimum atomic E-state index is -3.43. The van der Waals surface area contributed by atoms with Gasteiger partial charge in [-0.1, -0.05) is 32.9 Å². The largest absolute Gasteiger partial charge is 0.393 e. The fraction of sp³-hybridized carbons (Fsp3) is 0.548. The lowest BCUT2D eigenvalue weighted by atomic mass is 9.71. The summed E-state index contributed by atoms with van der Waals surface area (Å²) in [5.74, 6) is 0.464. The summed E-state index contributed by atoms with van der Waals surface area (Å²) < 4.78 is 26.2. The average molecular weight is 599 g/mol. The average Bonchev–Trinajstić information content (AvgIpc) is 3.32. The predicted octanol–water partition coefficient (Wildman–Crippen LogP) is 5.14. The molecule has 1 aliphatic carbocycles. The molecule has 0 radical (unpaired) electrons. The zero-order valence-corrected chi connectivity index (χ0v) is 26.1. The van der Waals surface area contributed by atoms with Crippen molar-refractivity contribution in [2.45, 2.75) is 71.4 Å². The standard InChI is InChI=1S/C31H42N4O4S2/c1-31(2,3)23-8-9-26-21(17-23)16-22-19-28(40-30(22)33-26)29(37)32-27(12-15-35-13-10-25(36)11-14-35)20-6-5-7-24(18-20)34-41(4,38)39/h5-7,16,18-19,23,25,27,34,36H,8-15,17H2,1-4H3,(H,32,37)/t23-,27+/m0/s1. The number of carbonyl (C=O) groups excluding carboxylic acids is 1. The van der Waals surface area contributed by atoms with E-state index in [1.54, 1.807) is 18.2 Å². The second kappa shape index (κ2) is 12.0. The van der Waals surface area contributed by atoms with E-state index < -0.39 is 10.0 Å². The Morgan fingerprint density at radius 3 is 2.63 bits per heavy atom. The zero-order valence-electron chi connectivity index (χ0n) is 24.4. The van der Waals surface area contributed by atoms with Gasteiger partial charge in [-0.3, -0.25) is 9.52 Å². The summed E-state index contributed by atoms with van der Waals surface area (Å²) >= 11 is 1.43. The van der Waals surface area contributed by atoms with Gasteiger partial charge in [0, 0.05) is 36.4 Å². The number of anilines is 1. The van der Waals surface area contributed by atoms with E-state index in [9.17, 15) is 18.3 Å². The van der Waals surface area contributed by atoms with E-state index in [0.29, 0.717) is 22.9 Å². The Morgan fingerprint density at radius 2 is 1.93 bits per heavy atom. The molecule has 1 fully saturated rings. The smallest absolute Gasteiger partial charge is 0.261 e. The molecule has 2 aromatic heterocycles. The van der Waals surface area contributed by atoms with Crippen LogP contribution in [0.4, 0.5) is 5.69 Å². The third-order valence-electron chi connectivity index (χ3n) is 8.51. The summed E-state index contributed by atoms with van der Waals surface area (Å²) in [5.41, 5.74) is 4.02. The Hall–Kier alpha value is -2.53. The number of pyridine rings is 1. The number of aryl methyl sites for hydroxylation is 1. The van der Waals surface area contributed by atoms with Crippen LogP contribution in [0.1, 0.15) is 79.0 Å². The van der Waals surface area contributed by atoms with Crippen LogP contribution in [-0.2, 0) is 22.9 Å². The number of carbonyl (C=O) groups is 1. The number of hydrogen-bond acceptors (Lipinski definition) is 7. The van der Waals surface area contributed by atoms with Gasteiger partial charge < -0.3 is 15.3 Å². The first kappa shape index (κ1) is 29.9. The molecule has 2 atom stereocenters. The van der Waals surface area contributed by atoms with Gasteiger partial charge in [0.15, 0.2) is 0 Å². The minimum Gasteiger partial charge on any atom is -0.393 e. The Kier molecular flexibility index (Phi) is 8.76. The summed E-state index contributed by atoms with van der Waals surface area (Å²) in [6.45, 7) is 9.32. The molecule has 8 nitrogen and oxygen atoms in total. The zero-order chi connectivity index (χ0) is 29.4. The van der Waals surface area contributed by atoms with E-state index >= 15 is 0 Å². The van der Waals surface area contributed by atoms with Gasteiger partial charge in [-0.25, -0.2) is 13.4 Å².